The minimum Gasteiger partial charge on any atom is -0.388 e. The van der Waals surface area contributed by atoms with Crippen molar-refractivity contribution in [3.63, 3.8) is 0 Å². The number of hydrogen-bond acceptors (Lipinski definition) is 1. The van der Waals surface area contributed by atoms with Crippen LogP contribution >= 0.6 is 0 Å². The first kappa shape index (κ1) is 11.3. The summed E-state index contributed by atoms with van der Waals surface area (Å²) in [5, 5.41) is 10.3. The van der Waals surface area contributed by atoms with E-state index in [2.05, 4.69) is 24.3 Å². The molecule has 92 valence electrons. The van der Waals surface area contributed by atoms with Gasteiger partial charge in [0, 0.05) is 0 Å². The van der Waals surface area contributed by atoms with Gasteiger partial charge >= 0.3 is 0 Å². The predicted molar refractivity (Wildman–Crippen MR) is 70.0 cm³/mol. The molecule has 1 N–H and O–H groups in total. The van der Waals surface area contributed by atoms with Crippen molar-refractivity contribution in [3.05, 3.63) is 35.4 Å². The number of benzene rings is 1. The van der Waals surface area contributed by atoms with E-state index in [0.717, 1.165) is 11.5 Å². The van der Waals surface area contributed by atoms with E-state index in [-0.39, 0.29) is 6.10 Å². The van der Waals surface area contributed by atoms with E-state index < -0.39 is 0 Å². The van der Waals surface area contributed by atoms with Crippen LogP contribution in [0.4, 0.5) is 0 Å². The Kier molecular flexibility index (Phi) is 3.19. The molecule has 0 spiro atoms. The van der Waals surface area contributed by atoms with Gasteiger partial charge in [0.15, 0.2) is 0 Å². The van der Waals surface area contributed by atoms with Gasteiger partial charge in [-0.05, 0) is 48.6 Å². The Morgan fingerprint density at radius 1 is 0.882 bits per heavy atom. The van der Waals surface area contributed by atoms with E-state index >= 15 is 0 Å². The highest BCUT2D eigenvalue weighted by atomic mass is 16.3. The van der Waals surface area contributed by atoms with E-state index in [4.69, 9.17) is 0 Å². The number of aliphatic hydroxyl groups excluding tert-OH is 1. The van der Waals surface area contributed by atoms with Crippen molar-refractivity contribution in [2.75, 3.05) is 0 Å². The molecule has 0 bridgehead atoms. The summed E-state index contributed by atoms with van der Waals surface area (Å²) in [6, 6.07) is 8.77. The molecule has 0 aliphatic heterocycles. The fourth-order valence-corrected chi connectivity index (χ4v) is 3.25. The molecule has 0 heterocycles. The second-order valence-corrected chi connectivity index (χ2v) is 5.78. The molecule has 1 heteroatoms. The molecule has 1 nitrogen and oxygen atoms in total. The highest BCUT2D eigenvalue weighted by Gasteiger charge is 2.25. The Balaban J connectivity index is 1.69. The van der Waals surface area contributed by atoms with Crippen molar-refractivity contribution in [2.24, 2.45) is 5.92 Å². The second-order valence-electron chi connectivity index (χ2n) is 5.78. The molecule has 1 aromatic rings. The average molecular weight is 230 g/mol. The van der Waals surface area contributed by atoms with Crippen molar-refractivity contribution < 1.29 is 5.11 Å². The third-order valence-corrected chi connectivity index (χ3v) is 4.70. The summed E-state index contributed by atoms with van der Waals surface area (Å²) in [6.07, 6.45) is 8.85. The standard InChI is InChI=1S/C16H22O/c17-16(14-4-1-2-5-14)15-10-8-13(9-11-15)12-6-3-7-12/h8-12,14,16-17H,1-7H2. The molecular weight excluding hydrogens is 208 g/mol. The zero-order valence-corrected chi connectivity index (χ0v) is 10.4. The van der Waals surface area contributed by atoms with Crippen LogP contribution in [-0.2, 0) is 0 Å². The lowest BCUT2D eigenvalue weighted by atomic mass is 9.79. The maximum atomic E-state index is 10.3. The van der Waals surface area contributed by atoms with Gasteiger partial charge in [-0.1, -0.05) is 43.5 Å². The van der Waals surface area contributed by atoms with Gasteiger partial charge < -0.3 is 5.11 Å². The van der Waals surface area contributed by atoms with Crippen molar-refractivity contribution >= 4 is 0 Å². The molecule has 2 saturated carbocycles. The molecule has 2 aliphatic carbocycles. The summed E-state index contributed by atoms with van der Waals surface area (Å²) >= 11 is 0. The summed E-state index contributed by atoms with van der Waals surface area (Å²) in [5.74, 6) is 1.30. The van der Waals surface area contributed by atoms with Crippen LogP contribution < -0.4 is 0 Å². The first-order valence-electron chi connectivity index (χ1n) is 7.12. The van der Waals surface area contributed by atoms with Gasteiger partial charge in [0.05, 0.1) is 6.10 Å². The van der Waals surface area contributed by atoms with Crippen LogP contribution in [-0.4, -0.2) is 5.11 Å². The Morgan fingerprint density at radius 3 is 2.06 bits per heavy atom. The second kappa shape index (κ2) is 4.81. The molecule has 1 atom stereocenters. The lowest BCUT2D eigenvalue weighted by Crippen LogP contribution is -2.11. The average Bonchev–Trinajstić information content (AvgIpc) is 2.80. The van der Waals surface area contributed by atoms with Crippen LogP contribution in [0.2, 0.25) is 0 Å². The van der Waals surface area contributed by atoms with Gasteiger partial charge in [-0.25, -0.2) is 0 Å². The van der Waals surface area contributed by atoms with Crippen molar-refractivity contribution in [2.45, 2.75) is 57.0 Å². The Bertz CT molecular complexity index is 358. The van der Waals surface area contributed by atoms with E-state index in [0.29, 0.717) is 5.92 Å². The fraction of sp³-hybridized carbons (Fsp3) is 0.625. The third kappa shape index (κ3) is 2.26. The van der Waals surface area contributed by atoms with Gasteiger partial charge in [0.1, 0.15) is 0 Å². The maximum Gasteiger partial charge on any atom is 0.0818 e. The largest absolute Gasteiger partial charge is 0.388 e. The van der Waals surface area contributed by atoms with Crippen LogP contribution in [0.25, 0.3) is 0 Å². The number of rotatable bonds is 3. The molecule has 0 saturated heterocycles. The summed E-state index contributed by atoms with van der Waals surface area (Å²) in [7, 11) is 0. The van der Waals surface area contributed by atoms with Crippen molar-refractivity contribution in [3.8, 4) is 0 Å². The summed E-state index contributed by atoms with van der Waals surface area (Å²) < 4.78 is 0. The highest BCUT2D eigenvalue weighted by molar-refractivity contribution is 5.28. The molecule has 17 heavy (non-hydrogen) atoms. The molecular formula is C16H22O. The van der Waals surface area contributed by atoms with Crippen molar-refractivity contribution in [1.29, 1.82) is 0 Å². The van der Waals surface area contributed by atoms with Crippen LogP contribution in [0.3, 0.4) is 0 Å². The molecule has 0 radical (unpaired) electrons. The minimum absolute atomic E-state index is 0.229. The van der Waals surface area contributed by atoms with Gasteiger partial charge in [-0.2, -0.15) is 0 Å². The SMILES string of the molecule is OC(c1ccc(C2CCC2)cc1)C1CCCC1. The topological polar surface area (TPSA) is 20.2 Å². The minimum atomic E-state index is -0.229. The quantitative estimate of drug-likeness (QED) is 0.826. The molecule has 2 fully saturated rings. The van der Waals surface area contributed by atoms with Crippen LogP contribution in [0, 0.1) is 5.92 Å². The maximum absolute atomic E-state index is 10.3. The summed E-state index contributed by atoms with van der Waals surface area (Å²) in [4.78, 5) is 0. The number of hydrogen-bond donors (Lipinski definition) is 1. The lowest BCUT2D eigenvalue weighted by Gasteiger charge is -2.26. The molecule has 2 aliphatic rings. The lowest BCUT2D eigenvalue weighted by molar-refractivity contribution is 0.111. The molecule has 1 unspecified atom stereocenters. The zero-order chi connectivity index (χ0) is 11.7. The van der Waals surface area contributed by atoms with E-state index in [9.17, 15) is 5.11 Å². The first-order chi connectivity index (χ1) is 8.34. The molecule has 1 aromatic carbocycles. The Hall–Kier alpha value is -0.820. The van der Waals surface area contributed by atoms with Crippen molar-refractivity contribution in [1.82, 2.24) is 0 Å². The first-order valence-corrected chi connectivity index (χ1v) is 7.12. The molecule has 0 amide bonds. The highest BCUT2D eigenvalue weighted by Crippen LogP contribution is 2.38. The van der Waals surface area contributed by atoms with Gasteiger partial charge in [-0.3, -0.25) is 0 Å². The summed E-state index contributed by atoms with van der Waals surface area (Å²) in [6.45, 7) is 0. The third-order valence-electron chi connectivity index (χ3n) is 4.70. The molecule has 3 rings (SSSR count). The molecule has 0 aromatic heterocycles. The normalized spacial score (nSPS) is 23.6. The van der Waals surface area contributed by atoms with Gasteiger partial charge in [0.2, 0.25) is 0 Å². The van der Waals surface area contributed by atoms with E-state index in [1.165, 1.54) is 50.5 Å². The Labute approximate surface area is 104 Å². The van der Waals surface area contributed by atoms with E-state index in [1.54, 1.807) is 0 Å². The van der Waals surface area contributed by atoms with Crippen LogP contribution in [0.1, 0.15) is 68.1 Å². The Morgan fingerprint density at radius 2 is 1.53 bits per heavy atom. The number of aliphatic hydroxyl groups is 1. The van der Waals surface area contributed by atoms with Gasteiger partial charge in [0.25, 0.3) is 0 Å². The zero-order valence-electron chi connectivity index (χ0n) is 10.4. The smallest absolute Gasteiger partial charge is 0.0818 e. The van der Waals surface area contributed by atoms with Crippen LogP contribution in [0.15, 0.2) is 24.3 Å². The van der Waals surface area contributed by atoms with E-state index in [1.807, 2.05) is 0 Å². The summed E-state index contributed by atoms with van der Waals surface area (Å²) in [5.41, 5.74) is 2.60. The predicted octanol–water partition coefficient (Wildman–Crippen LogP) is 4.18. The van der Waals surface area contributed by atoms with Gasteiger partial charge in [-0.15, -0.1) is 0 Å². The monoisotopic (exact) mass is 230 g/mol. The van der Waals surface area contributed by atoms with Crippen LogP contribution in [0.5, 0.6) is 0 Å². The fourth-order valence-electron chi connectivity index (χ4n) is 3.25.